The van der Waals surface area contributed by atoms with Crippen molar-refractivity contribution in [3.63, 3.8) is 0 Å². The number of ether oxygens (including phenoxy) is 1. The van der Waals surface area contributed by atoms with E-state index in [4.69, 9.17) is 4.74 Å². The maximum Gasteiger partial charge on any atom is 0.183 e. The van der Waals surface area contributed by atoms with Crippen LogP contribution >= 0.6 is 11.3 Å². The number of hydrogen-bond donors (Lipinski definition) is 1. The van der Waals surface area contributed by atoms with E-state index >= 15 is 0 Å². The molecule has 1 unspecified atom stereocenters. The maximum absolute atomic E-state index is 11.5. The third kappa shape index (κ3) is 2.94. The SMILES string of the molecule is CS(=O)(=O)c1ccc2nc(NCC3CCCO3)sc2c1. The Bertz CT molecular complexity index is 718. The summed E-state index contributed by atoms with van der Waals surface area (Å²) in [5.41, 5.74) is 0.817. The molecule has 7 heteroatoms. The molecule has 0 spiro atoms. The summed E-state index contributed by atoms with van der Waals surface area (Å²) in [5.74, 6) is 0. The molecule has 2 aromatic rings. The van der Waals surface area contributed by atoms with E-state index in [1.54, 1.807) is 18.2 Å². The molecule has 1 aromatic heterocycles. The minimum atomic E-state index is -3.17. The zero-order chi connectivity index (χ0) is 14.2. The molecule has 0 aliphatic carbocycles. The van der Waals surface area contributed by atoms with Crippen molar-refractivity contribution in [2.45, 2.75) is 23.8 Å². The molecular weight excluding hydrogens is 296 g/mol. The highest BCUT2D eigenvalue weighted by Crippen LogP contribution is 2.28. The van der Waals surface area contributed by atoms with Gasteiger partial charge < -0.3 is 10.1 Å². The Morgan fingerprint density at radius 1 is 1.50 bits per heavy atom. The van der Waals surface area contributed by atoms with Crippen molar-refractivity contribution in [1.29, 1.82) is 0 Å². The van der Waals surface area contributed by atoms with Gasteiger partial charge in [0.1, 0.15) is 0 Å². The van der Waals surface area contributed by atoms with E-state index in [-0.39, 0.29) is 6.10 Å². The number of fused-ring (bicyclic) bond motifs is 1. The van der Waals surface area contributed by atoms with Gasteiger partial charge in [0.15, 0.2) is 15.0 Å². The average molecular weight is 312 g/mol. The normalized spacial score (nSPS) is 19.6. The van der Waals surface area contributed by atoms with Crippen LogP contribution in [0.2, 0.25) is 0 Å². The molecule has 0 amide bonds. The molecule has 1 saturated heterocycles. The summed E-state index contributed by atoms with van der Waals surface area (Å²) >= 11 is 1.47. The van der Waals surface area contributed by atoms with E-state index in [1.807, 2.05) is 0 Å². The zero-order valence-electron chi connectivity index (χ0n) is 11.1. The lowest BCUT2D eigenvalue weighted by Gasteiger charge is -2.08. The van der Waals surface area contributed by atoms with Crippen LogP contribution in [-0.4, -0.2) is 38.9 Å². The molecule has 108 valence electrons. The van der Waals surface area contributed by atoms with E-state index in [2.05, 4.69) is 10.3 Å². The highest BCUT2D eigenvalue weighted by Gasteiger charge is 2.16. The number of nitrogens with zero attached hydrogens (tertiary/aromatic N) is 1. The zero-order valence-corrected chi connectivity index (χ0v) is 12.8. The summed E-state index contributed by atoms with van der Waals surface area (Å²) in [6.45, 7) is 1.59. The number of rotatable bonds is 4. The number of thiazole rings is 1. The van der Waals surface area contributed by atoms with Crippen molar-refractivity contribution in [3.05, 3.63) is 18.2 Å². The van der Waals surface area contributed by atoms with Gasteiger partial charge in [-0.05, 0) is 31.0 Å². The van der Waals surface area contributed by atoms with Gasteiger partial charge in [-0.3, -0.25) is 0 Å². The van der Waals surface area contributed by atoms with Crippen molar-refractivity contribution < 1.29 is 13.2 Å². The van der Waals surface area contributed by atoms with E-state index in [0.29, 0.717) is 4.90 Å². The largest absolute Gasteiger partial charge is 0.376 e. The second kappa shape index (κ2) is 5.31. The molecule has 1 aromatic carbocycles. The van der Waals surface area contributed by atoms with Crippen molar-refractivity contribution in [1.82, 2.24) is 4.98 Å². The first-order chi connectivity index (χ1) is 9.52. The van der Waals surface area contributed by atoms with Gasteiger partial charge in [0, 0.05) is 19.4 Å². The highest BCUT2D eigenvalue weighted by atomic mass is 32.2. The van der Waals surface area contributed by atoms with Gasteiger partial charge in [-0.1, -0.05) is 11.3 Å². The first-order valence-electron chi connectivity index (χ1n) is 6.48. The number of aromatic nitrogens is 1. The smallest absolute Gasteiger partial charge is 0.183 e. The van der Waals surface area contributed by atoms with Gasteiger partial charge >= 0.3 is 0 Å². The van der Waals surface area contributed by atoms with Crippen LogP contribution in [0.15, 0.2) is 23.1 Å². The average Bonchev–Trinajstić information content (AvgIpc) is 3.03. The Labute approximate surface area is 121 Å². The maximum atomic E-state index is 11.5. The number of anilines is 1. The van der Waals surface area contributed by atoms with Gasteiger partial charge in [0.2, 0.25) is 0 Å². The van der Waals surface area contributed by atoms with E-state index in [0.717, 1.165) is 41.3 Å². The van der Waals surface area contributed by atoms with Crippen LogP contribution in [0.25, 0.3) is 10.2 Å². The summed E-state index contributed by atoms with van der Waals surface area (Å²) in [6.07, 6.45) is 3.67. The monoisotopic (exact) mass is 312 g/mol. The Kier molecular flexibility index (Phi) is 3.66. The second-order valence-electron chi connectivity index (χ2n) is 4.94. The lowest BCUT2D eigenvalue weighted by molar-refractivity contribution is 0.120. The van der Waals surface area contributed by atoms with Gasteiger partial charge in [0.05, 0.1) is 21.2 Å². The topological polar surface area (TPSA) is 68.3 Å². The molecule has 2 heterocycles. The quantitative estimate of drug-likeness (QED) is 0.938. The van der Waals surface area contributed by atoms with Gasteiger partial charge in [-0.2, -0.15) is 0 Å². The molecular formula is C13H16N2O3S2. The van der Waals surface area contributed by atoms with Gasteiger partial charge in [-0.15, -0.1) is 0 Å². The Morgan fingerprint density at radius 2 is 2.35 bits per heavy atom. The van der Waals surface area contributed by atoms with Crippen LogP contribution in [-0.2, 0) is 14.6 Å². The molecule has 20 heavy (non-hydrogen) atoms. The van der Waals surface area contributed by atoms with Crippen LogP contribution in [0.1, 0.15) is 12.8 Å². The Morgan fingerprint density at radius 3 is 3.05 bits per heavy atom. The third-order valence-electron chi connectivity index (χ3n) is 3.29. The molecule has 1 fully saturated rings. The van der Waals surface area contributed by atoms with Crippen LogP contribution in [0, 0.1) is 0 Å². The number of benzene rings is 1. The molecule has 0 saturated carbocycles. The molecule has 1 aliphatic heterocycles. The van der Waals surface area contributed by atoms with Crippen molar-refractivity contribution in [3.8, 4) is 0 Å². The Balaban J connectivity index is 1.79. The molecule has 1 aliphatic rings. The van der Waals surface area contributed by atoms with E-state index in [1.165, 1.54) is 17.6 Å². The molecule has 3 rings (SSSR count). The fourth-order valence-electron chi connectivity index (χ4n) is 2.22. The van der Waals surface area contributed by atoms with E-state index in [9.17, 15) is 8.42 Å². The highest BCUT2D eigenvalue weighted by molar-refractivity contribution is 7.90. The second-order valence-corrected chi connectivity index (χ2v) is 7.98. The predicted octanol–water partition coefficient (Wildman–Crippen LogP) is 2.29. The van der Waals surface area contributed by atoms with Crippen molar-refractivity contribution in [2.24, 2.45) is 0 Å². The fraction of sp³-hybridized carbons (Fsp3) is 0.462. The number of nitrogens with one attached hydrogen (secondary N) is 1. The van der Waals surface area contributed by atoms with Crippen LogP contribution in [0.4, 0.5) is 5.13 Å². The lowest BCUT2D eigenvalue weighted by atomic mass is 10.2. The molecule has 1 N–H and O–H groups in total. The number of sulfone groups is 1. The van der Waals surface area contributed by atoms with Gasteiger partial charge in [-0.25, -0.2) is 13.4 Å². The fourth-order valence-corrected chi connectivity index (χ4v) is 3.85. The summed E-state index contributed by atoms with van der Waals surface area (Å²) in [7, 11) is -3.17. The minimum absolute atomic E-state index is 0.258. The number of hydrogen-bond acceptors (Lipinski definition) is 6. The minimum Gasteiger partial charge on any atom is -0.376 e. The van der Waals surface area contributed by atoms with Crippen molar-refractivity contribution in [2.75, 3.05) is 24.7 Å². The molecule has 5 nitrogen and oxygen atoms in total. The first-order valence-corrected chi connectivity index (χ1v) is 9.19. The van der Waals surface area contributed by atoms with Crippen molar-refractivity contribution >= 4 is 36.5 Å². The summed E-state index contributed by atoms with van der Waals surface area (Å²) < 4.78 is 29.5. The van der Waals surface area contributed by atoms with Crippen LogP contribution in [0.3, 0.4) is 0 Å². The first kappa shape index (κ1) is 13.8. The summed E-state index contributed by atoms with van der Waals surface area (Å²) in [6, 6.07) is 5.03. The summed E-state index contributed by atoms with van der Waals surface area (Å²) in [4.78, 5) is 4.79. The van der Waals surface area contributed by atoms with Crippen LogP contribution in [0.5, 0.6) is 0 Å². The van der Waals surface area contributed by atoms with E-state index < -0.39 is 9.84 Å². The molecule has 1 atom stereocenters. The lowest BCUT2D eigenvalue weighted by Crippen LogP contribution is -2.18. The molecule has 0 radical (unpaired) electrons. The molecule has 0 bridgehead atoms. The Hall–Kier alpha value is -1.18. The van der Waals surface area contributed by atoms with Gasteiger partial charge in [0.25, 0.3) is 0 Å². The third-order valence-corrected chi connectivity index (χ3v) is 5.38. The predicted molar refractivity (Wildman–Crippen MR) is 80.2 cm³/mol. The van der Waals surface area contributed by atoms with Crippen LogP contribution < -0.4 is 5.32 Å². The summed E-state index contributed by atoms with van der Waals surface area (Å²) in [5, 5.41) is 4.07. The standard InChI is InChI=1S/C13H16N2O3S2/c1-20(16,17)10-4-5-11-12(7-10)19-13(15-11)14-8-9-3-2-6-18-9/h4-5,7,9H,2-3,6,8H2,1H3,(H,14,15).